The van der Waals surface area contributed by atoms with Gasteiger partial charge in [0.15, 0.2) is 5.69 Å². The number of aromatic nitrogens is 3. The van der Waals surface area contributed by atoms with Gasteiger partial charge in [0.2, 0.25) is 0 Å². The van der Waals surface area contributed by atoms with Crippen LogP contribution in [0.25, 0.3) is 11.3 Å². The first kappa shape index (κ1) is 33.0. The lowest BCUT2D eigenvalue weighted by molar-refractivity contribution is -0.142. The molecular weight excluding hydrogens is 597 g/mol. The van der Waals surface area contributed by atoms with Crippen molar-refractivity contribution in [2.24, 2.45) is 0 Å². The standard InChI is InChI=1S/C25H33ClF5N5O4S/c1-5-36-20(16-11-32-17(10-15(16)21(27)28)34-23(2,3)12-25(29,30)31)18(26)19(35-36)22(37)33-13-24(38)8-6-14(7-9-24)41(4,39)40/h10-11,14,21,38H,5-9,12-13H2,1-4H3,(H,32,34)(H,33,37)/t14-,24+. The maximum Gasteiger partial charge on any atom is 0.391 e. The fourth-order valence-corrected chi connectivity index (χ4v) is 6.36. The second-order valence-electron chi connectivity index (χ2n) is 11.0. The minimum absolute atomic E-state index is 0.0319. The zero-order valence-electron chi connectivity index (χ0n) is 22.9. The lowest BCUT2D eigenvalue weighted by atomic mass is 9.84. The predicted octanol–water partition coefficient (Wildman–Crippen LogP) is 5.15. The molecule has 41 heavy (non-hydrogen) atoms. The largest absolute Gasteiger partial charge is 0.391 e. The molecule has 230 valence electrons. The van der Waals surface area contributed by atoms with Gasteiger partial charge in [-0.05, 0) is 52.5 Å². The lowest BCUT2D eigenvalue weighted by Gasteiger charge is -2.35. The van der Waals surface area contributed by atoms with Gasteiger partial charge in [-0.3, -0.25) is 9.48 Å². The number of aryl methyl sites for hydroxylation is 1. The van der Waals surface area contributed by atoms with E-state index in [1.165, 1.54) is 18.5 Å². The number of nitrogens with one attached hydrogen (secondary N) is 2. The molecule has 3 rings (SSSR count). The highest BCUT2D eigenvalue weighted by Gasteiger charge is 2.38. The number of amides is 1. The molecule has 0 spiro atoms. The number of pyridine rings is 1. The first-order valence-corrected chi connectivity index (χ1v) is 15.2. The number of hydrogen-bond donors (Lipinski definition) is 3. The fraction of sp³-hybridized carbons (Fsp3) is 0.640. The number of hydrogen-bond acceptors (Lipinski definition) is 7. The Balaban J connectivity index is 1.85. The molecular formula is C25H33ClF5N5O4S. The average Bonchev–Trinajstić information content (AvgIpc) is 3.16. The van der Waals surface area contributed by atoms with E-state index in [9.17, 15) is 40.3 Å². The summed E-state index contributed by atoms with van der Waals surface area (Å²) in [5, 5.41) is 19.3. The molecule has 2 heterocycles. The third-order valence-corrected chi connectivity index (χ3v) is 9.03. The number of halogens is 6. The van der Waals surface area contributed by atoms with Gasteiger partial charge in [0, 0.05) is 42.2 Å². The number of aliphatic hydroxyl groups is 1. The summed E-state index contributed by atoms with van der Waals surface area (Å²) in [6, 6.07) is 0.934. The molecule has 9 nitrogen and oxygen atoms in total. The topological polar surface area (TPSA) is 126 Å². The number of alkyl halides is 5. The Labute approximate surface area is 239 Å². The van der Waals surface area contributed by atoms with Crippen molar-refractivity contribution in [3.05, 3.63) is 28.5 Å². The van der Waals surface area contributed by atoms with Crippen molar-refractivity contribution < 1.29 is 40.3 Å². The summed E-state index contributed by atoms with van der Waals surface area (Å²) in [7, 11) is -3.25. The summed E-state index contributed by atoms with van der Waals surface area (Å²) in [6.07, 6.45) is -5.84. The summed E-state index contributed by atoms with van der Waals surface area (Å²) in [5.41, 5.74) is -3.93. The van der Waals surface area contributed by atoms with Crippen LogP contribution in [0.15, 0.2) is 12.3 Å². The summed E-state index contributed by atoms with van der Waals surface area (Å²) in [5.74, 6) is -0.977. The van der Waals surface area contributed by atoms with Crippen molar-refractivity contribution in [2.75, 3.05) is 18.1 Å². The molecule has 1 saturated carbocycles. The van der Waals surface area contributed by atoms with Crippen molar-refractivity contribution in [1.82, 2.24) is 20.1 Å². The maximum absolute atomic E-state index is 14.1. The Hall–Kier alpha value is -2.52. The number of anilines is 1. The van der Waals surface area contributed by atoms with E-state index in [2.05, 4.69) is 20.7 Å². The van der Waals surface area contributed by atoms with Crippen LogP contribution in [0, 0.1) is 0 Å². The minimum atomic E-state index is -4.49. The maximum atomic E-state index is 14.1. The molecule has 0 saturated heterocycles. The van der Waals surface area contributed by atoms with Crippen molar-refractivity contribution in [3.8, 4) is 11.3 Å². The third-order valence-electron chi connectivity index (χ3n) is 6.99. The van der Waals surface area contributed by atoms with Gasteiger partial charge in [0.05, 0.1) is 28.0 Å². The van der Waals surface area contributed by atoms with E-state index in [-0.39, 0.29) is 66.6 Å². The van der Waals surface area contributed by atoms with Gasteiger partial charge in [0.1, 0.15) is 15.7 Å². The first-order valence-electron chi connectivity index (χ1n) is 12.8. The molecule has 1 amide bonds. The van der Waals surface area contributed by atoms with Crippen LogP contribution in [0.5, 0.6) is 0 Å². The van der Waals surface area contributed by atoms with Gasteiger partial charge >= 0.3 is 6.18 Å². The van der Waals surface area contributed by atoms with Crippen LogP contribution in [0.3, 0.4) is 0 Å². The molecule has 1 aliphatic carbocycles. The Kier molecular flexibility index (Phi) is 9.65. The van der Waals surface area contributed by atoms with E-state index in [0.717, 1.165) is 18.5 Å². The number of carbonyl (C=O) groups excluding carboxylic acids is 1. The molecule has 1 aliphatic rings. The average molecular weight is 630 g/mol. The minimum Gasteiger partial charge on any atom is -0.388 e. The van der Waals surface area contributed by atoms with E-state index in [0.29, 0.717) is 0 Å². The lowest BCUT2D eigenvalue weighted by Crippen LogP contribution is -2.47. The number of nitrogens with zero attached hydrogens (tertiary/aromatic N) is 3. The summed E-state index contributed by atoms with van der Waals surface area (Å²) < 4.78 is 91.8. The van der Waals surface area contributed by atoms with Crippen molar-refractivity contribution in [3.63, 3.8) is 0 Å². The van der Waals surface area contributed by atoms with Crippen LogP contribution in [-0.4, -0.2) is 69.6 Å². The molecule has 1 fully saturated rings. The van der Waals surface area contributed by atoms with Gasteiger partial charge in [-0.1, -0.05) is 11.6 Å². The normalized spacial score (nSPS) is 20.3. The molecule has 0 aromatic carbocycles. The Bertz CT molecular complexity index is 1370. The SMILES string of the molecule is CCn1nc(C(=O)NC[C@]2(O)CC[C@@H](S(C)(=O)=O)CC2)c(Cl)c1-c1cnc(NC(C)(C)CC(F)(F)F)cc1C(F)F. The summed E-state index contributed by atoms with van der Waals surface area (Å²) in [6.45, 7) is 4.09. The second-order valence-corrected chi connectivity index (χ2v) is 13.7. The van der Waals surface area contributed by atoms with E-state index >= 15 is 0 Å². The fourth-order valence-electron chi connectivity index (χ4n) is 4.94. The molecule has 0 unspecified atom stereocenters. The molecule has 0 atom stereocenters. The van der Waals surface area contributed by atoms with E-state index in [1.54, 1.807) is 6.92 Å². The highest BCUT2D eigenvalue weighted by Crippen LogP contribution is 2.39. The summed E-state index contributed by atoms with van der Waals surface area (Å²) >= 11 is 6.47. The molecule has 2 aromatic rings. The molecule has 0 radical (unpaired) electrons. The van der Waals surface area contributed by atoms with Crippen LogP contribution in [0.1, 0.15) is 75.4 Å². The molecule has 2 aromatic heterocycles. The first-order chi connectivity index (χ1) is 18.8. The molecule has 0 aliphatic heterocycles. The number of rotatable bonds is 10. The zero-order valence-corrected chi connectivity index (χ0v) is 24.5. The third kappa shape index (κ3) is 8.28. The molecule has 0 bridgehead atoms. The van der Waals surface area contributed by atoms with Crippen LogP contribution in [0.4, 0.5) is 27.8 Å². The highest BCUT2D eigenvalue weighted by atomic mass is 35.5. The second kappa shape index (κ2) is 12.0. The van der Waals surface area contributed by atoms with Gasteiger partial charge in [-0.25, -0.2) is 22.2 Å². The number of sulfone groups is 1. The van der Waals surface area contributed by atoms with Crippen LogP contribution in [0.2, 0.25) is 5.02 Å². The summed E-state index contributed by atoms with van der Waals surface area (Å²) in [4.78, 5) is 17.0. The van der Waals surface area contributed by atoms with Gasteiger partial charge in [-0.15, -0.1) is 0 Å². The van der Waals surface area contributed by atoms with Crippen molar-refractivity contribution >= 4 is 33.2 Å². The van der Waals surface area contributed by atoms with Gasteiger partial charge < -0.3 is 15.7 Å². The molecule has 16 heteroatoms. The van der Waals surface area contributed by atoms with E-state index in [4.69, 9.17) is 11.6 Å². The quantitative estimate of drug-likeness (QED) is 0.311. The monoisotopic (exact) mass is 629 g/mol. The van der Waals surface area contributed by atoms with Gasteiger partial charge in [-0.2, -0.15) is 18.3 Å². The zero-order chi connectivity index (χ0) is 31.0. The smallest absolute Gasteiger partial charge is 0.388 e. The highest BCUT2D eigenvalue weighted by molar-refractivity contribution is 7.91. The van der Waals surface area contributed by atoms with Crippen LogP contribution < -0.4 is 10.6 Å². The Morgan fingerprint density at radius 2 is 1.88 bits per heavy atom. The van der Waals surface area contributed by atoms with Gasteiger partial charge in [0.25, 0.3) is 12.3 Å². The van der Waals surface area contributed by atoms with Crippen LogP contribution >= 0.6 is 11.6 Å². The predicted molar refractivity (Wildman–Crippen MR) is 144 cm³/mol. The van der Waals surface area contributed by atoms with E-state index in [1.807, 2.05) is 0 Å². The Morgan fingerprint density at radius 3 is 2.39 bits per heavy atom. The number of carbonyl (C=O) groups is 1. The van der Waals surface area contributed by atoms with E-state index < -0.39 is 56.7 Å². The van der Waals surface area contributed by atoms with Crippen molar-refractivity contribution in [1.29, 1.82) is 0 Å². The molecule has 3 N–H and O–H groups in total. The Morgan fingerprint density at radius 1 is 1.27 bits per heavy atom. The van der Waals surface area contributed by atoms with Crippen LogP contribution in [-0.2, 0) is 16.4 Å². The van der Waals surface area contributed by atoms with Crippen molar-refractivity contribution in [2.45, 2.75) is 88.4 Å².